The molecule has 2 aliphatic rings. The first-order valence-corrected chi connectivity index (χ1v) is 10.2. The van der Waals surface area contributed by atoms with E-state index < -0.39 is 0 Å². The number of amides is 1. The minimum absolute atomic E-state index is 0.00281. The fraction of sp³-hybridized carbons (Fsp3) is 0.409. The number of aromatic nitrogens is 2. The molecule has 0 N–H and O–H groups in total. The van der Waals surface area contributed by atoms with Crippen molar-refractivity contribution in [1.29, 1.82) is 0 Å². The number of pyridine rings is 1. The van der Waals surface area contributed by atoms with Gasteiger partial charge in [-0.15, -0.1) is 0 Å². The molecule has 5 rings (SSSR count). The first kappa shape index (κ1) is 18.9. The third-order valence-corrected chi connectivity index (χ3v) is 5.65. The second kappa shape index (κ2) is 7.60. The maximum atomic E-state index is 13.0. The quantitative estimate of drug-likeness (QED) is 0.656. The van der Waals surface area contributed by atoms with Crippen LogP contribution in [0.4, 0.5) is 0 Å². The molecule has 3 aromatic rings. The van der Waals surface area contributed by atoms with Gasteiger partial charge in [0.15, 0.2) is 11.5 Å². The van der Waals surface area contributed by atoms with Gasteiger partial charge in [-0.3, -0.25) is 9.69 Å². The summed E-state index contributed by atoms with van der Waals surface area (Å²) in [7, 11) is 0. The molecule has 0 bridgehead atoms. The van der Waals surface area contributed by atoms with E-state index in [1.807, 2.05) is 36.9 Å². The van der Waals surface area contributed by atoms with E-state index >= 15 is 0 Å². The first-order chi connectivity index (χ1) is 14.6. The van der Waals surface area contributed by atoms with Crippen molar-refractivity contribution in [3.05, 3.63) is 47.3 Å². The van der Waals surface area contributed by atoms with Crippen LogP contribution < -0.4 is 9.47 Å². The van der Waals surface area contributed by atoms with Crippen molar-refractivity contribution in [2.45, 2.75) is 26.3 Å². The highest BCUT2D eigenvalue weighted by atomic mass is 16.7. The van der Waals surface area contributed by atoms with Crippen LogP contribution in [0.5, 0.6) is 11.5 Å². The molecular weight excluding hydrogens is 384 g/mol. The zero-order valence-corrected chi connectivity index (χ0v) is 17.1. The number of carbonyl (C=O) groups excluding carboxylic acids is 1. The van der Waals surface area contributed by atoms with Crippen LogP contribution in [0.25, 0.3) is 11.1 Å². The molecule has 30 heavy (non-hydrogen) atoms. The lowest BCUT2D eigenvalue weighted by molar-refractivity contribution is 0.0628. The fourth-order valence-electron chi connectivity index (χ4n) is 3.97. The summed E-state index contributed by atoms with van der Waals surface area (Å²) in [5.74, 6) is 1.81. The van der Waals surface area contributed by atoms with E-state index in [0.29, 0.717) is 24.4 Å². The third-order valence-electron chi connectivity index (χ3n) is 5.65. The smallest absolute Gasteiger partial charge is 0.257 e. The summed E-state index contributed by atoms with van der Waals surface area (Å²) < 4.78 is 16.1. The van der Waals surface area contributed by atoms with Gasteiger partial charge in [0.25, 0.3) is 11.6 Å². The Balaban J connectivity index is 1.23. The highest BCUT2D eigenvalue weighted by Crippen LogP contribution is 2.33. The van der Waals surface area contributed by atoms with Gasteiger partial charge in [-0.05, 0) is 29.7 Å². The summed E-state index contributed by atoms with van der Waals surface area (Å²) in [5.41, 5.74) is 3.07. The third kappa shape index (κ3) is 3.47. The van der Waals surface area contributed by atoms with E-state index in [-0.39, 0.29) is 18.6 Å². The van der Waals surface area contributed by atoms with Crippen LogP contribution in [0.15, 0.2) is 35.0 Å². The molecule has 8 heteroatoms. The zero-order valence-electron chi connectivity index (χ0n) is 17.1. The van der Waals surface area contributed by atoms with Gasteiger partial charge in [0.2, 0.25) is 6.79 Å². The predicted molar refractivity (Wildman–Crippen MR) is 110 cm³/mol. The molecule has 2 aliphatic heterocycles. The van der Waals surface area contributed by atoms with Gasteiger partial charge in [0.05, 0.1) is 16.6 Å². The molecule has 0 unspecified atom stereocenters. The summed E-state index contributed by atoms with van der Waals surface area (Å²) in [6.45, 7) is 8.21. The monoisotopic (exact) mass is 408 g/mol. The van der Waals surface area contributed by atoms with Crippen LogP contribution in [0.3, 0.4) is 0 Å². The summed E-state index contributed by atoms with van der Waals surface area (Å²) in [6, 6.07) is 7.91. The van der Waals surface area contributed by atoms with Gasteiger partial charge in [-0.1, -0.05) is 25.1 Å². The predicted octanol–water partition coefficient (Wildman–Crippen LogP) is 3.03. The molecule has 8 nitrogen and oxygen atoms in total. The van der Waals surface area contributed by atoms with Crippen LogP contribution in [-0.2, 0) is 6.54 Å². The zero-order chi connectivity index (χ0) is 20.7. The van der Waals surface area contributed by atoms with Crippen molar-refractivity contribution in [2.75, 3.05) is 33.0 Å². The normalized spacial score (nSPS) is 16.6. The molecule has 0 spiro atoms. The van der Waals surface area contributed by atoms with Crippen LogP contribution in [-0.4, -0.2) is 58.8 Å². The van der Waals surface area contributed by atoms with E-state index in [2.05, 4.69) is 21.1 Å². The Hall–Kier alpha value is -3.13. The van der Waals surface area contributed by atoms with Gasteiger partial charge in [-0.2, -0.15) is 0 Å². The average molecular weight is 408 g/mol. The van der Waals surface area contributed by atoms with Crippen LogP contribution >= 0.6 is 0 Å². The lowest BCUT2D eigenvalue weighted by Crippen LogP contribution is -2.48. The number of ether oxygens (including phenoxy) is 2. The van der Waals surface area contributed by atoms with Crippen LogP contribution in [0, 0.1) is 0 Å². The van der Waals surface area contributed by atoms with Gasteiger partial charge in [-0.25, -0.2) is 4.98 Å². The number of hydrogen-bond donors (Lipinski definition) is 0. The van der Waals surface area contributed by atoms with Gasteiger partial charge < -0.3 is 18.9 Å². The Labute approximate surface area is 174 Å². The molecule has 156 valence electrons. The first-order valence-electron chi connectivity index (χ1n) is 10.2. The Bertz CT molecular complexity index is 1090. The maximum Gasteiger partial charge on any atom is 0.257 e. The van der Waals surface area contributed by atoms with Crippen molar-refractivity contribution in [2.24, 2.45) is 0 Å². The number of rotatable bonds is 4. The topological polar surface area (TPSA) is 80.9 Å². The Morgan fingerprint density at radius 1 is 1.10 bits per heavy atom. The molecule has 1 aromatic carbocycles. The van der Waals surface area contributed by atoms with Crippen molar-refractivity contribution >= 4 is 17.0 Å². The summed E-state index contributed by atoms with van der Waals surface area (Å²) in [6.07, 6.45) is 1.58. The standard InChI is InChI=1S/C22H24N4O4/c1-14(2)20-17-10-16(11-23-21(17)30-24-20)22(27)26-7-5-25(6-8-26)12-15-3-4-18-19(9-15)29-13-28-18/h3-4,9-11,14H,5-8,12-13H2,1-2H3. The van der Waals surface area contributed by atoms with Gasteiger partial charge in [0, 0.05) is 38.9 Å². The molecule has 2 aromatic heterocycles. The average Bonchev–Trinajstić information content (AvgIpc) is 3.39. The summed E-state index contributed by atoms with van der Waals surface area (Å²) in [5, 5.41) is 4.91. The fourth-order valence-corrected chi connectivity index (χ4v) is 3.97. The minimum atomic E-state index is 0.00281. The second-order valence-electron chi connectivity index (χ2n) is 8.06. The molecule has 0 atom stereocenters. The van der Waals surface area contributed by atoms with Crippen molar-refractivity contribution in [3.63, 3.8) is 0 Å². The molecule has 0 radical (unpaired) electrons. The Morgan fingerprint density at radius 2 is 1.90 bits per heavy atom. The van der Waals surface area contributed by atoms with E-state index in [1.54, 1.807) is 6.20 Å². The van der Waals surface area contributed by atoms with Crippen LogP contribution in [0.2, 0.25) is 0 Å². The van der Waals surface area contributed by atoms with Gasteiger partial charge >= 0.3 is 0 Å². The second-order valence-corrected chi connectivity index (χ2v) is 8.06. The Kier molecular flexibility index (Phi) is 4.78. The molecule has 1 fully saturated rings. The SMILES string of the molecule is CC(C)c1noc2ncc(C(=O)N3CCN(Cc4ccc5c(c4)OCO5)CC3)cc12. The Morgan fingerprint density at radius 3 is 2.70 bits per heavy atom. The summed E-state index contributed by atoms with van der Waals surface area (Å²) in [4.78, 5) is 21.6. The number of hydrogen-bond acceptors (Lipinski definition) is 7. The number of fused-ring (bicyclic) bond motifs is 2. The summed E-state index contributed by atoms with van der Waals surface area (Å²) >= 11 is 0. The molecule has 1 saturated heterocycles. The number of nitrogens with zero attached hydrogens (tertiary/aromatic N) is 4. The van der Waals surface area contributed by atoms with Crippen molar-refractivity contribution in [3.8, 4) is 11.5 Å². The highest BCUT2D eigenvalue weighted by molar-refractivity contribution is 5.97. The molecular formula is C22H24N4O4. The highest BCUT2D eigenvalue weighted by Gasteiger charge is 2.24. The minimum Gasteiger partial charge on any atom is -0.454 e. The van der Waals surface area contributed by atoms with Gasteiger partial charge in [0.1, 0.15) is 0 Å². The van der Waals surface area contributed by atoms with E-state index in [4.69, 9.17) is 14.0 Å². The molecule has 1 amide bonds. The maximum absolute atomic E-state index is 13.0. The number of benzene rings is 1. The molecule has 4 heterocycles. The molecule has 0 aliphatic carbocycles. The number of carbonyl (C=O) groups is 1. The molecule has 0 saturated carbocycles. The number of piperazine rings is 1. The van der Waals surface area contributed by atoms with Crippen molar-refractivity contribution < 1.29 is 18.8 Å². The largest absolute Gasteiger partial charge is 0.454 e. The van der Waals surface area contributed by atoms with E-state index in [9.17, 15) is 4.79 Å². The van der Waals surface area contributed by atoms with Crippen molar-refractivity contribution in [1.82, 2.24) is 19.9 Å². The van der Waals surface area contributed by atoms with Crippen LogP contribution in [0.1, 0.15) is 41.4 Å². The lowest BCUT2D eigenvalue weighted by atomic mass is 10.1. The van der Waals surface area contributed by atoms with E-state index in [1.165, 1.54) is 5.56 Å². The lowest BCUT2D eigenvalue weighted by Gasteiger charge is -2.34. The van der Waals surface area contributed by atoms with E-state index in [0.717, 1.165) is 42.2 Å².